The predicted molar refractivity (Wildman–Crippen MR) is 48.2 cm³/mol. The van der Waals surface area contributed by atoms with Gasteiger partial charge < -0.3 is 5.02 Å². The Hall–Kier alpha value is -0.755. The zero-order valence-corrected chi connectivity index (χ0v) is 6.96. The molecule has 0 saturated heterocycles. The van der Waals surface area contributed by atoms with E-state index in [4.69, 9.17) is 5.02 Å². The average molecular weight is 147 g/mol. The molecular weight excluding hydrogens is 135 g/mol. The van der Waals surface area contributed by atoms with Crippen LogP contribution in [0.3, 0.4) is 0 Å². The van der Waals surface area contributed by atoms with E-state index in [-0.39, 0.29) is 0 Å². The van der Waals surface area contributed by atoms with E-state index in [1.807, 2.05) is 12.1 Å². The smallest absolute Gasteiger partial charge is 0.327 e. The van der Waals surface area contributed by atoms with E-state index in [0.717, 1.165) is 19.4 Å². The van der Waals surface area contributed by atoms with Gasteiger partial charge in [-0.2, -0.15) is 0 Å². The van der Waals surface area contributed by atoms with E-state index in [9.17, 15) is 0 Å². The van der Waals surface area contributed by atoms with Crippen molar-refractivity contribution in [1.29, 1.82) is 0 Å². The fraction of sp³-hybridized carbons (Fsp3) is 0.333. The molecule has 1 rings (SSSR count). The molecule has 1 radical (unpaired) electrons. The second kappa shape index (κ2) is 3.58. The summed E-state index contributed by atoms with van der Waals surface area (Å²) in [6.45, 7) is 4.14. The Labute approximate surface area is 68.3 Å². The van der Waals surface area contributed by atoms with E-state index < -0.39 is 0 Å². The maximum atomic E-state index is 8.82. The zero-order chi connectivity index (χ0) is 8.27. The SMILES string of the molecule is CCc1cc(C)ccc1[B]O. The number of hydrogen-bond donors (Lipinski definition) is 1. The third-order valence-electron chi connectivity index (χ3n) is 1.82. The first kappa shape index (κ1) is 8.34. The molecule has 0 aliphatic carbocycles. The Morgan fingerprint density at radius 2 is 2.18 bits per heavy atom. The van der Waals surface area contributed by atoms with Crippen molar-refractivity contribution in [2.24, 2.45) is 0 Å². The van der Waals surface area contributed by atoms with Crippen LogP contribution in [0.15, 0.2) is 18.2 Å². The normalized spacial score (nSPS) is 9.73. The lowest BCUT2D eigenvalue weighted by molar-refractivity contribution is 0.615. The monoisotopic (exact) mass is 147 g/mol. The molecule has 0 aliphatic rings. The van der Waals surface area contributed by atoms with Crippen LogP contribution in [0.2, 0.25) is 0 Å². The summed E-state index contributed by atoms with van der Waals surface area (Å²) in [5.74, 6) is 0. The van der Waals surface area contributed by atoms with Gasteiger partial charge in [0.25, 0.3) is 0 Å². The largest absolute Gasteiger partial charge is 0.450 e. The predicted octanol–water partition coefficient (Wildman–Crippen LogP) is 0.794. The fourth-order valence-corrected chi connectivity index (χ4v) is 1.17. The van der Waals surface area contributed by atoms with E-state index in [2.05, 4.69) is 19.9 Å². The minimum atomic E-state index is 0.929. The molecule has 0 aromatic heterocycles. The number of benzene rings is 1. The van der Waals surface area contributed by atoms with Crippen LogP contribution in [0.1, 0.15) is 18.1 Å². The van der Waals surface area contributed by atoms with Crippen LogP contribution in [0.25, 0.3) is 0 Å². The molecule has 0 heterocycles. The van der Waals surface area contributed by atoms with Crippen LogP contribution in [0.5, 0.6) is 0 Å². The van der Waals surface area contributed by atoms with Crippen LogP contribution in [-0.2, 0) is 6.42 Å². The lowest BCUT2D eigenvalue weighted by atomic mass is 9.83. The van der Waals surface area contributed by atoms with Gasteiger partial charge in [-0.05, 0) is 13.3 Å². The van der Waals surface area contributed by atoms with Gasteiger partial charge in [0.05, 0.1) is 0 Å². The van der Waals surface area contributed by atoms with Gasteiger partial charge in [-0.15, -0.1) is 0 Å². The molecule has 0 amide bonds. The average Bonchev–Trinajstić information content (AvgIpc) is 2.04. The van der Waals surface area contributed by atoms with Crippen LogP contribution in [-0.4, -0.2) is 12.5 Å². The van der Waals surface area contributed by atoms with Crippen LogP contribution in [0.4, 0.5) is 0 Å². The molecule has 1 N–H and O–H groups in total. The number of aryl methyl sites for hydroxylation is 2. The Bertz CT molecular complexity index is 245. The Morgan fingerprint density at radius 1 is 1.45 bits per heavy atom. The number of rotatable bonds is 2. The zero-order valence-electron chi connectivity index (χ0n) is 6.96. The second-order valence-corrected chi connectivity index (χ2v) is 2.68. The van der Waals surface area contributed by atoms with Crippen molar-refractivity contribution in [3.05, 3.63) is 29.3 Å². The van der Waals surface area contributed by atoms with Crippen molar-refractivity contribution < 1.29 is 5.02 Å². The number of hydrogen-bond acceptors (Lipinski definition) is 1. The van der Waals surface area contributed by atoms with Crippen molar-refractivity contribution in [2.75, 3.05) is 0 Å². The van der Waals surface area contributed by atoms with Gasteiger partial charge in [0.2, 0.25) is 0 Å². The molecule has 0 bridgehead atoms. The summed E-state index contributed by atoms with van der Waals surface area (Å²) >= 11 is 0. The quantitative estimate of drug-likeness (QED) is 0.613. The molecule has 0 atom stereocenters. The first-order chi connectivity index (χ1) is 5.27. The summed E-state index contributed by atoms with van der Waals surface area (Å²) in [4.78, 5) is 0. The lowest BCUT2D eigenvalue weighted by Gasteiger charge is -2.04. The topological polar surface area (TPSA) is 20.2 Å². The molecule has 0 saturated carbocycles. The first-order valence-electron chi connectivity index (χ1n) is 3.85. The molecule has 1 aromatic carbocycles. The maximum Gasteiger partial charge on any atom is 0.327 e. The maximum absolute atomic E-state index is 8.82. The molecule has 11 heavy (non-hydrogen) atoms. The summed E-state index contributed by atoms with van der Waals surface area (Å²) < 4.78 is 0. The molecule has 2 heteroatoms. The highest BCUT2D eigenvalue weighted by Gasteiger charge is 1.99. The van der Waals surface area contributed by atoms with Crippen LogP contribution >= 0.6 is 0 Å². The molecule has 1 nitrogen and oxygen atoms in total. The Kier molecular flexibility index (Phi) is 2.72. The van der Waals surface area contributed by atoms with Crippen molar-refractivity contribution in [2.45, 2.75) is 20.3 Å². The van der Waals surface area contributed by atoms with Crippen molar-refractivity contribution in [3.63, 3.8) is 0 Å². The third kappa shape index (κ3) is 1.84. The Morgan fingerprint density at radius 3 is 2.73 bits per heavy atom. The molecular formula is C9H12BO. The van der Waals surface area contributed by atoms with Gasteiger partial charge in [-0.1, -0.05) is 41.7 Å². The highest BCUT2D eigenvalue weighted by molar-refractivity contribution is 6.46. The molecule has 1 aromatic rings. The first-order valence-corrected chi connectivity index (χ1v) is 3.85. The van der Waals surface area contributed by atoms with Crippen molar-refractivity contribution in [3.8, 4) is 0 Å². The summed E-state index contributed by atoms with van der Waals surface area (Å²) in [6, 6.07) is 6.04. The minimum Gasteiger partial charge on any atom is -0.450 e. The molecule has 57 valence electrons. The minimum absolute atomic E-state index is 0.929. The van der Waals surface area contributed by atoms with Crippen molar-refractivity contribution >= 4 is 12.9 Å². The lowest BCUT2D eigenvalue weighted by Crippen LogP contribution is -2.18. The van der Waals surface area contributed by atoms with Gasteiger partial charge >= 0.3 is 7.48 Å². The van der Waals surface area contributed by atoms with E-state index in [0.29, 0.717) is 0 Å². The van der Waals surface area contributed by atoms with Gasteiger partial charge in [0, 0.05) is 0 Å². The van der Waals surface area contributed by atoms with E-state index >= 15 is 0 Å². The van der Waals surface area contributed by atoms with Crippen LogP contribution in [0, 0.1) is 6.92 Å². The summed E-state index contributed by atoms with van der Waals surface area (Å²) in [5.41, 5.74) is 3.37. The van der Waals surface area contributed by atoms with Crippen LogP contribution < -0.4 is 5.46 Å². The molecule has 0 unspecified atom stereocenters. The molecule has 0 fully saturated rings. The summed E-state index contributed by atoms with van der Waals surface area (Å²) in [6.07, 6.45) is 0.966. The summed E-state index contributed by atoms with van der Waals surface area (Å²) in [7, 11) is 1.16. The Balaban J connectivity index is 3.06. The highest BCUT2D eigenvalue weighted by Crippen LogP contribution is 2.01. The van der Waals surface area contributed by atoms with Gasteiger partial charge in [0.1, 0.15) is 0 Å². The highest BCUT2D eigenvalue weighted by atomic mass is 16.2. The van der Waals surface area contributed by atoms with E-state index in [1.54, 1.807) is 0 Å². The standard InChI is InChI=1S/C9H12BO/c1-3-8-6-7(2)4-5-9(8)10-11/h4-6,11H,3H2,1-2H3. The van der Waals surface area contributed by atoms with E-state index in [1.165, 1.54) is 11.1 Å². The summed E-state index contributed by atoms with van der Waals surface area (Å²) in [5, 5.41) is 8.82. The van der Waals surface area contributed by atoms with Gasteiger partial charge in [0.15, 0.2) is 0 Å². The van der Waals surface area contributed by atoms with Gasteiger partial charge in [-0.3, -0.25) is 0 Å². The van der Waals surface area contributed by atoms with Gasteiger partial charge in [-0.25, -0.2) is 0 Å². The van der Waals surface area contributed by atoms with Crippen molar-refractivity contribution in [1.82, 2.24) is 0 Å². The third-order valence-corrected chi connectivity index (χ3v) is 1.82. The second-order valence-electron chi connectivity index (χ2n) is 2.68. The fourth-order valence-electron chi connectivity index (χ4n) is 1.17. The molecule has 0 aliphatic heterocycles. The molecule has 0 spiro atoms.